The Balaban J connectivity index is 1.50. The summed E-state index contributed by atoms with van der Waals surface area (Å²) in [5, 5.41) is 11.3. The number of piperidine rings is 1. The smallest absolute Gasteiger partial charge is 0.223 e. The third-order valence-corrected chi connectivity index (χ3v) is 6.14. The number of halogens is 1. The summed E-state index contributed by atoms with van der Waals surface area (Å²) in [5.74, 6) is 0.725. The van der Waals surface area contributed by atoms with E-state index in [1.54, 1.807) is 0 Å². The molecule has 4 rings (SSSR count). The summed E-state index contributed by atoms with van der Waals surface area (Å²) >= 11 is 6.07. The van der Waals surface area contributed by atoms with Crippen molar-refractivity contribution in [2.24, 2.45) is 5.92 Å². The largest absolute Gasteiger partial charge is 0.355 e. The van der Waals surface area contributed by atoms with Crippen LogP contribution in [0, 0.1) is 12.8 Å². The van der Waals surface area contributed by atoms with E-state index in [0.717, 1.165) is 35.6 Å². The number of carbonyl (C=O) groups excluding carboxylic acids is 2. The maximum atomic E-state index is 12.7. The molecule has 0 atom stereocenters. The fourth-order valence-corrected chi connectivity index (χ4v) is 4.30. The van der Waals surface area contributed by atoms with Gasteiger partial charge in [0.25, 0.3) is 0 Å². The summed E-state index contributed by atoms with van der Waals surface area (Å²) in [6, 6.07) is 17.4. The minimum absolute atomic E-state index is 0.0396. The Hall–Kier alpha value is -3.32. The lowest BCUT2D eigenvalue weighted by Gasteiger charge is -2.33. The normalized spacial score (nSPS) is 14.2. The standard InChI is InChI=1S/C25H28ClN5O2/c1-17-23(28-18(2)32)25(31(29-17)22-10-8-21(26)9-11-22)30-14-12-20(13-15-30)24(33)27-16-19-6-4-3-5-7-19/h3-11,20H,12-16H2,1-2H3,(H,27,33)(H,28,32). The fourth-order valence-electron chi connectivity index (χ4n) is 4.17. The summed E-state index contributed by atoms with van der Waals surface area (Å²) in [7, 11) is 0. The summed E-state index contributed by atoms with van der Waals surface area (Å²) < 4.78 is 1.84. The van der Waals surface area contributed by atoms with Crippen molar-refractivity contribution >= 4 is 34.9 Å². The van der Waals surface area contributed by atoms with E-state index in [2.05, 4.69) is 15.5 Å². The van der Waals surface area contributed by atoms with Crippen LogP contribution in [0.25, 0.3) is 5.69 Å². The van der Waals surface area contributed by atoms with E-state index >= 15 is 0 Å². The van der Waals surface area contributed by atoms with Gasteiger partial charge in [-0.15, -0.1) is 0 Å². The fraction of sp³-hybridized carbons (Fsp3) is 0.320. The lowest BCUT2D eigenvalue weighted by Crippen LogP contribution is -2.41. The van der Waals surface area contributed by atoms with Crippen molar-refractivity contribution in [2.45, 2.75) is 33.2 Å². The molecule has 2 amide bonds. The number of amides is 2. The average Bonchev–Trinajstić information content (AvgIpc) is 3.14. The molecule has 0 unspecified atom stereocenters. The first-order valence-electron chi connectivity index (χ1n) is 11.1. The summed E-state index contributed by atoms with van der Waals surface area (Å²) in [6.45, 7) is 5.29. The lowest BCUT2D eigenvalue weighted by atomic mass is 9.95. The van der Waals surface area contributed by atoms with Crippen LogP contribution in [-0.2, 0) is 16.1 Å². The minimum Gasteiger partial charge on any atom is -0.355 e. The molecule has 8 heteroatoms. The van der Waals surface area contributed by atoms with Crippen LogP contribution < -0.4 is 15.5 Å². The molecule has 0 aliphatic carbocycles. The monoisotopic (exact) mass is 465 g/mol. The quantitative estimate of drug-likeness (QED) is 0.568. The minimum atomic E-state index is -0.148. The van der Waals surface area contributed by atoms with Crippen molar-refractivity contribution in [1.29, 1.82) is 0 Å². The van der Waals surface area contributed by atoms with Gasteiger partial charge in [-0.25, -0.2) is 4.68 Å². The van der Waals surface area contributed by atoms with Gasteiger partial charge in [-0.05, 0) is 49.6 Å². The number of rotatable bonds is 6. The molecule has 0 radical (unpaired) electrons. The molecule has 2 aromatic carbocycles. The molecule has 172 valence electrons. The Morgan fingerprint density at radius 1 is 1.06 bits per heavy atom. The van der Waals surface area contributed by atoms with Crippen LogP contribution in [-0.4, -0.2) is 34.7 Å². The molecule has 1 aliphatic heterocycles. The molecule has 3 aromatic rings. The Bertz CT molecular complexity index is 1120. The van der Waals surface area contributed by atoms with Crippen LogP contribution in [0.3, 0.4) is 0 Å². The van der Waals surface area contributed by atoms with Gasteiger partial charge in [0.15, 0.2) is 5.82 Å². The van der Waals surface area contributed by atoms with Gasteiger partial charge in [-0.2, -0.15) is 5.10 Å². The van der Waals surface area contributed by atoms with Crippen molar-refractivity contribution in [3.63, 3.8) is 0 Å². The highest BCUT2D eigenvalue weighted by Crippen LogP contribution is 2.35. The van der Waals surface area contributed by atoms with Crippen LogP contribution in [0.15, 0.2) is 54.6 Å². The third kappa shape index (κ3) is 5.37. The van der Waals surface area contributed by atoms with E-state index in [-0.39, 0.29) is 17.7 Å². The van der Waals surface area contributed by atoms with Crippen molar-refractivity contribution in [3.8, 4) is 5.69 Å². The number of hydrogen-bond acceptors (Lipinski definition) is 4. The van der Waals surface area contributed by atoms with E-state index in [0.29, 0.717) is 30.3 Å². The van der Waals surface area contributed by atoms with Crippen LogP contribution in [0.1, 0.15) is 31.0 Å². The first-order valence-corrected chi connectivity index (χ1v) is 11.5. The van der Waals surface area contributed by atoms with Gasteiger partial charge >= 0.3 is 0 Å². The zero-order chi connectivity index (χ0) is 23.4. The topological polar surface area (TPSA) is 79.3 Å². The second-order valence-electron chi connectivity index (χ2n) is 8.32. The molecule has 0 bridgehead atoms. The number of aromatic nitrogens is 2. The van der Waals surface area contributed by atoms with E-state index < -0.39 is 0 Å². The highest BCUT2D eigenvalue weighted by Gasteiger charge is 2.29. The summed E-state index contributed by atoms with van der Waals surface area (Å²) in [6.07, 6.45) is 1.45. The predicted octanol–water partition coefficient (Wildman–Crippen LogP) is 4.33. The Morgan fingerprint density at radius 3 is 2.36 bits per heavy atom. The molecule has 0 spiro atoms. The van der Waals surface area contributed by atoms with E-state index in [9.17, 15) is 9.59 Å². The SMILES string of the molecule is CC(=O)Nc1c(C)nn(-c2ccc(Cl)cc2)c1N1CCC(C(=O)NCc2ccccc2)CC1. The number of hydrogen-bond donors (Lipinski definition) is 2. The number of benzene rings is 2. The van der Waals surface area contributed by atoms with Crippen LogP contribution in [0.4, 0.5) is 11.5 Å². The highest BCUT2D eigenvalue weighted by atomic mass is 35.5. The highest BCUT2D eigenvalue weighted by molar-refractivity contribution is 6.30. The molecule has 0 saturated carbocycles. The molecule has 2 heterocycles. The van der Waals surface area contributed by atoms with Crippen molar-refractivity contribution in [3.05, 3.63) is 70.9 Å². The van der Waals surface area contributed by atoms with Crippen LogP contribution in [0.5, 0.6) is 0 Å². The lowest BCUT2D eigenvalue weighted by molar-refractivity contribution is -0.125. The molecule has 1 saturated heterocycles. The van der Waals surface area contributed by atoms with Gasteiger partial charge in [0, 0.05) is 37.5 Å². The first kappa shape index (κ1) is 22.9. The van der Waals surface area contributed by atoms with Crippen LogP contribution in [0.2, 0.25) is 5.02 Å². The van der Waals surface area contributed by atoms with Gasteiger partial charge in [0.1, 0.15) is 5.69 Å². The first-order chi connectivity index (χ1) is 15.9. The second kappa shape index (κ2) is 10.1. The van der Waals surface area contributed by atoms with Crippen molar-refractivity contribution < 1.29 is 9.59 Å². The molecule has 33 heavy (non-hydrogen) atoms. The Labute approximate surface area is 198 Å². The number of carbonyl (C=O) groups is 2. The van der Waals surface area contributed by atoms with E-state index in [1.807, 2.05) is 66.2 Å². The molecular formula is C25H28ClN5O2. The summed E-state index contributed by atoms with van der Waals surface area (Å²) in [4.78, 5) is 26.8. The van der Waals surface area contributed by atoms with Gasteiger partial charge < -0.3 is 15.5 Å². The van der Waals surface area contributed by atoms with Gasteiger partial charge in [-0.1, -0.05) is 41.9 Å². The maximum Gasteiger partial charge on any atom is 0.223 e. The molecule has 1 aromatic heterocycles. The maximum absolute atomic E-state index is 12.7. The average molecular weight is 466 g/mol. The molecule has 2 N–H and O–H groups in total. The Morgan fingerprint density at radius 2 is 1.73 bits per heavy atom. The Kier molecular flexibility index (Phi) is 6.99. The van der Waals surface area contributed by atoms with E-state index in [4.69, 9.17) is 16.7 Å². The number of nitrogens with zero attached hydrogens (tertiary/aromatic N) is 3. The number of nitrogens with one attached hydrogen (secondary N) is 2. The van der Waals surface area contributed by atoms with Crippen molar-refractivity contribution in [1.82, 2.24) is 15.1 Å². The zero-order valence-corrected chi connectivity index (χ0v) is 19.6. The molecule has 1 aliphatic rings. The number of aryl methyl sites for hydroxylation is 1. The van der Waals surface area contributed by atoms with Crippen LogP contribution >= 0.6 is 11.6 Å². The molecule has 1 fully saturated rings. The predicted molar refractivity (Wildman–Crippen MR) is 131 cm³/mol. The van der Waals surface area contributed by atoms with Gasteiger partial charge in [0.2, 0.25) is 11.8 Å². The van der Waals surface area contributed by atoms with Gasteiger partial charge in [0.05, 0.1) is 11.4 Å². The van der Waals surface area contributed by atoms with E-state index in [1.165, 1.54) is 6.92 Å². The molecular weight excluding hydrogens is 438 g/mol. The second-order valence-corrected chi connectivity index (χ2v) is 8.75. The summed E-state index contributed by atoms with van der Waals surface area (Å²) in [5.41, 5.74) is 3.38. The third-order valence-electron chi connectivity index (χ3n) is 5.88. The number of anilines is 2. The zero-order valence-electron chi connectivity index (χ0n) is 18.8. The van der Waals surface area contributed by atoms with Gasteiger partial charge in [-0.3, -0.25) is 9.59 Å². The molecule has 7 nitrogen and oxygen atoms in total. The van der Waals surface area contributed by atoms with Crippen molar-refractivity contribution in [2.75, 3.05) is 23.3 Å².